The second-order valence-corrected chi connectivity index (χ2v) is 17.3. The van der Waals surface area contributed by atoms with Crippen molar-refractivity contribution < 1.29 is 48.2 Å². The zero-order valence-corrected chi connectivity index (χ0v) is 32.7. The van der Waals surface area contributed by atoms with E-state index in [9.17, 15) is 19.8 Å². The lowest BCUT2D eigenvalue weighted by molar-refractivity contribution is -0.195. The summed E-state index contributed by atoms with van der Waals surface area (Å²) in [5.41, 5.74) is 4.99. The SMILES string of the molecule is COc1cc2c(cc1O)CCN[C@]21CS[C@@H]2c3c(OC(C)=O)c(C)c4c(c3[C@H](COC1=O)N1C2[C@@H]2c3c(cc(C)c(OC)c3O)C3(C)C[C@@H]([C@@H]1C)N23)OCO4. The van der Waals surface area contributed by atoms with Gasteiger partial charge in [0.2, 0.25) is 6.79 Å². The Balaban J connectivity index is 1.25. The molecule has 13 nitrogen and oxygen atoms in total. The number of piperazine rings is 1. The normalized spacial score (nSPS) is 32.4. The molecular weight excluding hydrogens is 727 g/mol. The topological polar surface area (TPSA) is 148 Å². The molecule has 2 unspecified atom stereocenters. The van der Waals surface area contributed by atoms with E-state index in [1.807, 2.05) is 13.8 Å². The average molecular weight is 772 g/mol. The highest BCUT2D eigenvalue weighted by Crippen LogP contribution is 2.71. The molecule has 1 spiro atoms. The first kappa shape index (κ1) is 35.1. The van der Waals surface area contributed by atoms with Gasteiger partial charge in [-0.25, -0.2) is 4.79 Å². The van der Waals surface area contributed by atoms with E-state index < -0.39 is 28.8 Å². The number of ether oxygens (including phenoxy) is 6. The van der Waals surface area contributed by atoms with Crippen LogP contribution in [0.4, 0.5) is 0 Å². The number of carbonyl (C=O) groups is 2. The largest absolute Gasteiger partial charge is 0.504 e. The molecule has 3 aromatic rings. The summed E-state index contributed by atoms with van der Waals surface area (Å²) in [6.07, 6.45) is 1.48. The van der Waals surface area contributed by atoms with Crippen LogP contribution in [0.1, 0.15) is 89.0 Å². The monoisotopic (exact) mass is 771 g/mol. The number of aryl methyl sites for hydroxylation is 1. The van der Waals surface area contributed by atoms with Crippen LogP contribution < -0.4 is 29.0 Å². The zero-order valence-electron chi connectivity index (χ0n) is 31.9. The molecule has 3 fully saturated rings. The number of aromatic hydroxyl groups is 2. The molecule has 3 aromatic carbocycles. The summed E-state index contributed by atoms with van der Waals surface area (Å²) >= 11 is 1.60. The van der Waals surface area contributed by atoms with Crippen LogP contribution in [0.3, 0.4) is 0 Å². The highest BCUT2D eigenvalue weighted by molar-refractivity contribution is 7.99. The van der Waals surface area contributed by atoms with Crippen molar-refractivity contribution in [3.63, 3.8) is 0 Å². The van der Waals surface area contributed by atoms with Gasteiger partial charge in [0.15, 0.2) is 40.0 Å². The molecule has 0 radical (unpaired) electrons. The summed E-state index contributed by atoms with van der Waals surface area (Å²) in [5, 5.41) is 26.1. The number of nitrogens with zero attached hydrogens (tertiary/aromatic N) is 2. The average Bonchev–Trinajstić information content (AvgIpc) is 3.71. The van der Waals surface area contributed by atoms with E-state index in [4.69, 9.17) is 28.4 Å². The molecule has 290 valence electrons. The van der Waals surface area contributed by atoms with Crippen LogP contribution in [-0.2, 0) is 31.8 Å². The molecule has 11 rings (SSSR count). The fourth-order valence-corrected chi connectivity index (χ4v) is 13.1. The van der Waals surface area contributed by atoms with Gasteiger partial charge in [0.25, 0.3) is 0 Å². The standard InChI is InChI=1S/C41H45N3O10S/c1-17-10-23-28(33(47)34(17)50-7)31-32-38-30-29(37-36(52-16-53-37)18(2)35(30)54-20(4)45)25(43(32)19(3)24-13-40(23,5)44(24)31)14-51-39(48)41(15-55-38)22-12-27(49-6)26(46)11-21(22)8-9-42-41/h10-12,19,24-25,31-32,38,42,46-47H,8-9,13-16H2,1-7H3/t19-,24-,25-,31-,32?,38+,40?,41+/m0/s1. The number of nitrogens with one attached hydrogen (secondary N) is 1. The van der Waals surface area contributed by atoms with E-state index in [1.165, 1.54) is 14.0 Å². The number of rotatable bonds is 3. The maximum absolute atomic E-state index is 14.8. The van der Waals surface area contributed by atoms with Crippen LogP contribution >= 0.6 is 11.8 Å². The summed E-state index contributed by atoms with van der Waals surface area (Å²) in [7, 11) is 3.08. The Morgan fingerprint density at radius 2 is 1.80 bits per heavy atom. The van der Waals surface area contributed by atoms with Crippen molar-refractivity contribution in [3.05, 3.63) is 62.7 Å². The third-order valence-electron chi connectivity index (χ3n) is 13.6. The molecule has 8 atom stereocenters. The third kappa shape index (κ3) is 4.36. The fourth-order valence-electron chi connectivity index (χ4n) is 11.4. The van der Waals surface area contributed by atoms with E-state index in [0.717, 1.165) is 39.8 Å². The predicted octanol–water partition coefficient (Wildman–Crippen LogP) is 4.93. The van der Waals surface area contributed by atoms with Crippen LogP contribution in [0, 0.1) is 13.8 Å². The summed E-state index contributed by atoms with van der Waals surface area (Å²) in [5.74, 6) is 1.73. The molecule has 0 saturated carbocycles. The number of hydrogen-bond donors (Lipinski definition) is 3. The van der Waals surface area contributed by atoms with Crippen molar-refractivity contribution >= 4 is 23.7 Å². The van der Waals surface area contributed by atoms with Crippen molar-refractivity contribution in [1.82, 2.24) is 15.1 Å². The van der Waals surface area contributed by atoms with Crippen LogP contribution in [0.5, 0.6) is 40.2 Å². The third-order valence-corrected chi connectivity index (χ3v) is 15.1. The van der Waals surface area contributed by atoms with E-state index in [-0.39, 0.29) is 66.1 Å². The number of phenolic OH excluding ortho intramolecular Hbond substituents is 2. The van der Waals surface area contributed by atoms with Crippen LogP contribution in [0.15, 0.2) is 18.2 Å². The summed E-state index contributed by atoms with van der Waals surface area (Å²) in [6, 6.07) is 4.62. The lowest BCUT2D eigenvalue weighted by Crippen LogP contribution is -2.75. The number of carbonyl (C=O) groups excluding carboxylic acids is 2. The number of esters is 2. The highest BCUT2D eigenvalue weighted by atomic mass is 32.2. The maximum Gasteiger partial charge on any atom is 0.331 e. The number of phenols is 2. The Bertz CT molecular complexity index is 2230. The summed E-state index contributed by atoms with van der Waals surface area (Å²) in [6.45, 7) is 10.2. The Hall–Kier alpha value is -4.37. The van der Waals surface area contributed by atoms with E-state index in [2.05, 4.69) is 35.0 Å². The molecule has 55 heavy (non-hydrogen) atoms. The van der Waals surface area contributed by atoms with E-state index >= 15 is 0 Å². The number of methoxy groups -OCH3 is 2. The van der Waals surface area contributed by atoms with E-state index in [0.29, 0.717) is 47.1 Å². The van der Waals surface area contributed by atoms with Crippen molar-refractivity contribution in [2.75, 3.05) is 39.9 Å². The predicted molar refractivity (Wildman–Crippen MR) is 200 cm³/mol. The van der Waals surface area contributed by atoms with Crippen molar-refractivity contribution in [2.24, 2.45) is 0 Å². The van der Waals surface area contributed by atoms with Gasteiger partial charge in [-0.15, -0.1) is 11.8 Å². The van der Waals surface area contributed by atoms with Gasteiger partial charge in [-0.2, -0.15) is 0 Å². The van der Waals surface area contributed by atoms with Crippen LogP contribution in [-0.4, -0.2) is 90.0 Å². The van der Waals surface area contributed by atoms with Crippen molar-refractivity contribution in [1.29, 1.82) is 0 Å². The number of fused-ring (bicyclic) bond motifs is 8. The Morgan fingerprint density at radius 1 is 1.02 bits per heavy atom. The minimum atomic E-state index is -1.29. The molecule has 8 aliphatic rings. The number of hydrogen-bond acceptors (Lipinski definition) is 14. The van der Waals surface area contributed by atoms with Crippen LogP contribution in [0.25, 0.3) is 0 Å². The molecule has 8 aliphatic heterocycles. The van der Waals surface area contributed by atoms with Gasteiger partial charge >= 0.3 is 11.9 Å². The molecule has 8 heterocycles. The molecule has 3 N–H and O–H groups in total. The molecule has 14 heteroatoms. The minimum absolute atomic E-state index is 0.000621. The van der Waals surface area contributed by atoms with E-state index in [1.54, 1.807) is 31.0 Å². The Morgan fingerprint density at radius 3 is 2.55 bits per heavy atom. The van der Waals surface area contributed by atoms with Gasteiger partial charge < -0.3 is 38.6 Å². The minimum Gasteiger partial charge on any atom is -0.504 e. The Kier molecular flexibility index (Phi) is 7.54. The second-order valence-electron chi connectivity index (χ2n) is 16.2. The quantitative estimate of drug-likeness (QED) is 0.244. The highest BCUT2D eigenvalue weighted by Gasteiger charge is 2.70. The van der Waals surface area contributed by atoms with Crippen molar-refractivity contribution in [2.45, 2.75) is 94.0 Å². The first-order valence-electron chi connectivity index (χ1n) is 18.9. The van der Waals surface area contributed by atoms with Crippen LogP contribution in [0.2, 0.25) is 0 Å². The molecule has 0 amide bonds. The molecule has 0 aliphatic carbocycles. The van der Waals surface area contributed by atoms with Gasteiger partial charge in [0, 0.05) is 65.1 Å². The van der Waals surface area contributed by atoms with Gasteiger partial charge in [-0.05, 0) is 81.0 Å². The van der Waals surface area contributed by atoms with Gasteiger partial charge in [0.05, 0.1) is 31.6 Å². The number of benzene rings is 3. The second kappa shape index (κ2) is 11.8. The molecule has 2 bridgehead atoms. The fraction of sp³-hybridized carbons (Fsp3) is 0.512. The number of thioether (sulfide) groups is 1. The molecule has 0 aromatic heterocycles. The van der Waals surface area contributed by atoms with Crippen molar-refractivity contribution in [3.8, 4) is 40.2 Å². The molecular formula is C41H45N3O10S. The van der Waals surface area contributed by atoms with Gasteiger partial charge in [-0.3, -0.25) is 19.9 Å². The van der Waals surface area contributed by atoms with Gasteiger partial charge in [0.1, 0.15) is 12.4 Å². The zero-order chi connectivity index (χ0) is 38.5. The first-order chi connectivity index (χ1) is 26.4. The Labute approximate surface area is 323 Å². The summed E-state index contributed by atoms with van der Waals surface area (Å²) in [4.78, 5) is 32.8. The lowest BCUT2D eigenvalue weighted by Gasteiger charge is -2.68. The van der Waals surface area contributed by atoms with Gasteiger partial charge in [-0.1, -0.05) is 0 Å². The smallest absolute Gasteiger partial charge is 0.331 e. The lowest BCUT2D eigenvalue weighted by atomic mass is 9.70. The molecule has 3 saturated heterocycles. The maximum atomic E-state index is 14.8. The summed E-state index contributed by atoms with van der Waals surface area (Å²) < 4.78 is 36.5. The first-order valence-corrected chi connectivity index (χ1v) is 20.0.